The molecule has 2 aromatic rings. The Bertz CT molecular complexity index is 690. The van der Waals surface area contributed by atoms with Gasteiger partial charge >= 0.3 is 0 Å². The predicted molar refractivity (Wildman–Crippen MR) is 124 cm³/mol. The largest absolute Gasteiger partial charge is 0.493 e. The zero-order valence-electron chi connectivity index (χ0n) is 17.0. The molecule has 0 atom stereocenters. The molecule has 28 heavy (non-hydrogen) atoms. The molecule has 2 N–H and O–H groups in total. The topological polar surface area (TPSA) is 68.0 Å². The van der Waals surface area contributed by atoms with E-state index in [4.69, 9.17) is 18.9 Å². The van der Waals surface area contributed by atoms with Crippen LogP contribution in [0.5, 0.6) is 5.75 Å². The van der Waals surface area contributed by atoms with Gasteiger partial charge in [0.1, 0.15) is 11.5 Å². The van der Waals surface area contributed by atoms with E-state index in [9.17, 15) is 0 Å². The van der Waals surface area contributed by atoms with E-state index in [0.717, 1.165) is 49.0 Å². The molecule has 1 aromatic heterocycles. The maximum atomic E-state index is 5.94. The second kappa shape index (κ2) is 14.3. The van der Waals surface area contributed by atoms with Gasteiger partial charge in [-0.15, -0.1) is 24.0 Å². The van der Waals surface area contributed by atoms with Crippen molar-refractivity contribution in [3.63, 3.8) is 0 Å². The number of aliphatic imine (C=N–C) groups is 1. The quantitative estimate of drug-likeness (QED) is 0.212. The standard InChI is InChI=1S/C21H31N3O3.HI/c1-4-22-21(23-11-10-19-7-5-13-26-19)24-16-18-9-8-17(2)15-20(18)27-14-6-12-25-3;/h5,7-9,13,15H,4,6,10-12,14,16H2,1-3H3,(H2,22,23,24);1H. The Balaban J connectivity index is 0.00000392. The number of nitrogens with one attached hydrogen (secondary N) is 2. The van der Waals surface area contributed by atoms with Gasteiger partial charge in [0.2, 0.25) is 0 Å². The molecule has 0 aliphatic heterocycles. The molecule has 6 nitrogen and oxygen atoms in total. The first kappa shape index (κ1) is 24.3. The summed E-state index contributed by atoms with van der Waals surface area (Å²) in [6.45, 7) is 7.57. The summed E-state index contributed by atoms with van der Waals surface area (Å²) in [6.07, 6.45) is 3.38. The Morgan fingerprint density at radius 3 is 2.75 bits per heavy atom. The van der Waals surface area contributed by atoms with Crippen LogP contribution in [0, 0.1) is 6.92 Å². The minimum absolute atomic E-state index is 0. The van der Waals surface area contributed by atoms with Gasteiger partial charge in [-0.05, 0) is 37.6 Å². The number of hydrogen-bond acceptors (Lipinski definition) is 4. The van der Waals surface area contributed by atoms with Gasteiger partial charge in [0, 0.05) is 45.2 Å². The lowest BCUT2D eigenvalue weighted by Gasteiger charge is -2.13. The highest BCUT2D eigenvalue weighted by Gasteiger charge is 2.06. The third-order valence-corrected chi connectivity index (χ3v) is 3.97. The van der Waals surface area contributed by atoms with E-state index in [1.807, 2.05) is 12.1 Å². The highest BCUT2D eigenvalue weighted by molar-refractivity contribution is 14.0. The maximum Gasteiger partial charge on any atom is 0.191 e. The number of guanidine groups is 1. The molecule has 0 unspecified atom stereocenters. The summed E-state index contributed by atoms with van der Waals surface area (Å²) in [6, 6.07) is 10.1. The van der Waals surface area contributed by atoms with Crippen LogP contribution in [-0.4, -0.2) is 39.4 Å². The van der Waals surface area contributed by atoms with Crippen LogP contribution in [0.1, 0.15) is 30.2 Å². The Morgan fingerprint density at radius 2 is 2.04 bits per heavy atom. The molecule has 0 aliphatic carbocycles. The Hall–Kier alpha value is -1.74. The molecule has 7 heteroatoms. The van der Waals surface area contributed by atoms with Crippen LogP contribution >= 0.6 is 24.0 Å². The van der Waals surface area contributed by atoms with Crippen LogP contribution in [0.3, 0.4) is 0 Å². The fourth-order valence-electron chi connectivity index (χ4n) is 2.58. The zero-order chi connectivity index (χ0) is 19.3. The molecular weight excluding hydrogens is 469 g/mol. The van der Waals surface area contributed by atoms with Crippen molar-refractivity contribution in [2.24, 2.45) is 4.99 Å². The van der Waals surface area contributed by atoms with Crippen LogP contribution in [0.25, 0.3) is 0 Å². The van der Waals surface area contributed by atoms with Crippen LogP contribution in [-0.2, 0) is 17.7 Å². The Kier molecular flexibility index (Phi) is 12.4. The van der Waals surface area contributed by atoms with Crippen molar-refractivity contribution in [1.82, 2.24) is 10.6 Å². The molecule has 0 amide bonds. The minimum Gasteiger partial charge on any atom is -0.493 e. The van der Waals surface area contributed by atoms with Crippen molar-refractivity contribution >= 4 is 29.9 Å². The first-order valence-electron chi connectivity index (χ1n) is 9.48. The van der Waals surface area contributed by atoms with Crippen molar-refractivity contribution in [3.05, 3.63) is 53.5 Å². The van der Waals surface area contributed by atoms with Crippen molar-refractivity contribution in [3.8, 4) is 5.75 Å². The molecule has 156 valence electrons. The SMILES string of the molecule is CCNC(=NCc1ccc(C)cc1OCCCOC)NCCc1ccco1.I. The van der Waals surface area contributed by atoms with Gasteiger partial charge in [-0.25, -0.2) is 4.99 Å². The lowest BCUT2D eigenvalue weighted by molar-refractivity contribution is 0.172. The van der Waals surface area contributed by atoms with E-state index in [0.29, 0.717) is 19.8 Å². The fraction of sp³-hybridized carbons (Fsp3) is 0.476. The number of hydrogen-bond donors (Lipinski definition) is 2. The van der Waals surface area contributed by atoms with Crippen molar-refractivity contribution in [2.45, 2.75) is 33.2 Å². The fourth-order valence-corrected chi connectivity index (χ4v) is 2.58. The maximum absolute atomic E-state index is 5.94. The smallest absolute Gasteiger partial charge is 0.191 e. The molecule has 2 rings (SSSR count). The number of nitrogens with zero attached hydrogens (tertiary/aromatic N) is 1. The summed E-state index contributed by atoms with van der Waals surface area (Å²) in [5.74, 6) is 2.64. The van der Waals surface area contributed by atoms with E-state index in [2.05, 4.69) is 42.7 Å². The molecule has 1 heterocycles. The van der Waals surface area contributed by atoms with Crippen LogP contribution in [0.2, 0.25) is 0 Å². The molecule has 0 saturated carbocycles. The molecule has 1 aromatic carbocycles. The Labute approximate surface area is 185 Å². The van der Waals surface area contributed by atoms with E-state index in [-0.39, 0.29) is 24.0 Å². The molecule has 0 spiro atoms. The number of aryl methyl sites for hydroxylation is 1. The molecule has 0 fully saturated rings. The summed E-state index contributed by atoms with van der Waals surface area (Å²) in [7, 11) is 1.70. The summed E-state index contributed by atoms with van der Waals surface area (Å²) in [4.78, 5) is 4.70. The number of benzene rings is 1. The van der Waals surface area contributed by atoms with Crippen LogP contribution in [0.15, 0.2) is 46.0 Å². The molecule has 0 saturated heterocycles. The number of ether oxygens (including phenoxy) is 2. The van der Waals surface area contributed by atoms with E-state index in [1.54, 1.807) is 13.4 Å². The lowest BCUT2D eigenvalue weighted by atomic mass is 10.1. The van der Waals surface area contributed by atoms with Gasteiger partial charge in [-0.1, -0.05) is 12.1 Å². The lowest BCUT2D eigenvalue weighted by Crippen LogP contribution is -2.38. The zero-order valence-corrected chi connectivity index (χ0v) is 19.3. The van der Waals surface area contributed by atoms with Crippen LogP contribution < -0.4 is 15.4 Å². The summed E-state index contributed by atoms with van der Waals surface area (Å²) in [5, 5.41) is 6.62. The van der Waals surface area contributed by atoms with E-state index in [1.165, 1.54) is 5.56 Å². The van der Waals surface area contributed by atoms with Crippen molar-refractivity contribution in [2.75, 3.05) is 33.4 Å². The van der Waals surface area contributed by atoms with E-state index < -0.39 is 0 Å². The second-order valence-electron chi connectivity index (χ2n) is 6.26. The molecule has 0 radical (unpaired) electrons. The second-order valence-corrected chi connectivity index (χ2v) is 6.26. The van der Waals surface area contributed by atoms with Gasteiger partial charge < -0.3 is 24.5 Å². The Morgan fingerprint density at radius 1 is 1.18 bits per heavy atom. The summed E-state index contributed by atoms with van der Waals surface area (Å²) >= 11 is 0. The van der Waals surface area contributed by atoms with E-state index >= 15 is 0 Å². The van der Waals surface area contributed by atoms with Crippen molar-refractivity contribution in [1.29, 1.82) is 0 Å². The van der Waals surface area contributed by atoms with Crippen molar-refractivity contribution < 1.29 is 13.9 Å². The highest BCUT2D eigenvalue weighted by atomic mass is 127. The minimum atomic E-state index is 0. The van der Waals surface area contributed by atoms with Gasteiger partial charge in [0.15, 0.2) is 5.96 Å². The third kappa shape index (κ3) is 8.97. The highest BCUT2D eigenvalue weighted by Crippen LogP contribution is 2.21. The average Bonchev–Trinajstić information content (AvgIpc) is 3.18. The van der Waals surface area contributed by atoms with Gasteiger partial charge in [-0.2, -0.15) is 0 Å². The van der Waals surface area contributed by atoms with Gasteiger partial charge in [-0.3, -0.25) is 0 Å². The summed E-state index contributed by atoms with van der Waals surface area (Å²) in [5.41, 5.74) is 2.24. The first-order valence-corrected chi connectivity index (χ1v) is 9.48. The number of halogens is 1. The third-order valence-electron chi connectivity index (χ3n) is 3.97. The first-order chi connectivity index (χ1) is 13.2. The normalized spacial score (nSPS) is 11.0. The molecule has 0 bridgehead atoms. The molecule has 0 aliphatic rings. The predicted octanol–water partition coefficient (Wildman–Crippen LogP) is 3.92. The van der Waals surface area contributed by atoms with Gasteiger partial charge in [0.05, 0.1) is 19.4 Å². The number of rotatable bonds is 11. The number of methoxy groups -OCH3 is 1. The molecular formula is C21H32IN3O3. The number of furan rings is 1. The van der Waals surface area contributed by atoms with Crippen LogP contribution in [0.4, 0.5) is 0 Å². The van der Waals surface area contributed by atoms with Gasteiger partial charge in [0.25, 0.3) is 0 Å². The summed E-state index contributed by atoms with van der Waals surface area (Å²) < 4.78 is 16.4. The average molecular weight is 501 g/mol. The monoisotopic (exact) mass is 501 g/mol.